The average Bonchev–Trinajstić information content (AvgIpc) is 2.82. The van der Waals surface area contributed by atoms with Crippen molar-refractivity contribution in [2.24, 2.45) is 7.05 Å². The van der Waals surface area contributed by atoms with E-state index in [1.807, 2.05) is 7.05 Å². The number of piperazine rings is 1. The third kappa shape index (κ3) is 2.84. The van der Waals surface area contributed by atoms with Crippen LogP contribution < -0.4 is 5.73 Å². The first-order valence-corrected chi connectivity index (χ1v) is 7.45. The lowest BCUT2D eigenvalue weighted by Crippen LogP contribution is -2.48. The highest BCUT2D eigenvalue weighted by atomic mass is 15.3. The van der Waals surface area contributed by atoms with E-state index < -0.39 is 0 Å². The van der Waals surface area contributed by atoms with Crippen LogP contribution in [0.2, 0.25) is 0 Å². The second-order valence-corrected chi connectivity index (χ2v) is 5.94. The summed E-state index contributed by atoms with van der Waals surface area (Å²) < 4.78 is 1.74. The normalized spacial score (nSPS) is 17.9. The smallest absolute Gasteiger partial charge is 0.163 e. The minimum Gasteiger partial charge on any atom is -0.383 e. The first kappa shape index (κ1) is 14.2. The molecule has 2 aromatic heterocycles. The Bertz CT molecular complexity index is 626. The fraction of sp³-hybridized carbons (Fsp3) is 0.643. The van der Waals surface area contributed by atoms with Gasteiger partial charge in [-0.3, -0.25) is 14.5 Å². The molecule has 7 nitrogen and oxygen atoms in total. The summed E-state index contributed by atoms with van der Waals surface area (Å²) in [6, 6.07) is 0.616. The number of rotatable bonds is 3. The van der Waals surface area contributed by atoms with E-state index in [0.29, 0.717) is 11.9 Å². The molecule has 0 atom stereocenters. The van der Waals surface area contributed by atoms with Crippen LogP contribution in [-0.2, 0) is 13.6 Å². The number of anilines is 1. The summed E-state index contributed by atoms with van der Waals surface area (Å²) in [7, 11) is 1.87. The molecule has 0 aromatic carbocycles. The van der Waals surface area contributed by atoms with Gasteiger partial charge >= 0.3 is 0 Å². The Hall–Kier alpha value is -1.73. The molecule has 21 heavy (non-hydrogen) atoms. The Morgan fingerprint density at radius 3 is 2.57 bits per heavy atom. The van der Waals surface area contributed by atoms with Crippen molar-refractivity contribution in [2.75, 3.05) is 31.9 Å². The molecule has 0 bridgehead atoms. The van der Waals surface area contributed by atoms with Gasteiger partial charge in [0.05, 0.1) is 18.1 Å². The standard InChI is InChI=1S/C14H23N7/c1-10(2)21-6-4-20(5-7-21)9-12-17-13(15)11-8-16-19(3)14(11)18-12/h8,10H,4-7,9H2,1-3H3,(H2,15,17,18). The highest BCUT2D eigenvalue weighted by Crippen LogP contribution is 2.17. The Kier molecular flexibility index (Phi) is 3.77. The summed E-state index contributed by atoms with van der Waals surface area (Å²) in [5, 5.41) is 5.01. The second kappa shape index (κ2) is 5.57. The highest BCUT2D eigenvalue weighted by Gasteiger charge is 2.20. The summed E-state index contributed by atoms with van der Waals surface area (Å²) in [5.74, 6) is 1.30. The van der Waals surface area contributed by atoms with Gasteiger partial charge in [-0.25, -0.2) is 9.97 Å². The quantitative estimate of drug-likeness (QED) is 0.885. The maximum atomic E-state index is 6.01. The minimum absolute atomic E-state index is 0.518. The molecule has 2 aromatic rings. The Morgan fingerprint density at radius 1 is 1.19 bits per heavy atom. The molecule has 0 spiro atoms. The van der Waals surface area contributed by atoms with Crippen molar-refractivity contribution in [1.82, 2.24) is 29.5 Å². The fourth-order valence-electron chi connectivity index (χ4n) is 2.80. The molecule has 1 aliphatic heterocycles. The van der Waals surface area contributed by atoms with E-state index in [2.05, 4.69) is 38.7 Å². The molecule has 0 amide bonds. The van der Waals surface area contributed by atoms with E-state index in [1.165, 1.54) is 0 Å². The van der Waals surface area contributed by atoms with Crippen molar-refractivity contribution in [3.63, 3.8) is 0 Å². The molecule has 3 heterocycles. The molecule has 2 N–H and O–H groups in total. The molecule has 3 rings (SSSR count). The van der Waals surface area contributed by atoms with Gasteiger partial charge in [-0.2, -0.15) is 5.10 Å². The molecular weight excluding hydrogens is 266 g/mol. The van der Waals surface area contributed by atoms with Crippen LogP contribution in [0, 0.1) is 0 Å². The monoisotopic (exact) mass is 289 g/mol. The molecule has 0 aliphatic carbocycles. The van der Waals surface area contributed by atoms with Crippen LogP contribution in [0.3, 0.4) is 0 Å². The van der Waals surface area contributed by atoms with Crippen LogP contribution in [0.4, 0.5) is 5.82 Å². The van der Waals surface area contributed by atoms with Crippen molar-refractivity contribution in [3.8, 4) is 0 Å². The Labute approximate surface area is 124 Å². The zero-order chi connectivity index (χ0) is 15.0. The fourth-order valence-corrected chi connectivity index (χ4v) is 2.80. The lowest BCUT2D eigenvalue weighted by atomic mass is 10.2. The molecule has 1 fully saturated rings. The number of hydrogen-bond acceptors (Lipinski definition) is 6. The lowest BCUT2D eigenvalue weighted by molar-refractivity contribution is 0.102. The van der Waals surface area contributed by atoms with Gasteiger partial charge in [-0.1, -0.05) is 0 Å². The third-order valence-corrected chi connectivity index (χ3v) is 4.17. The van der Waals surface area contributed by atoms with E-state index in [-0.39, 0.29) is 0 Å². The number of aryl methyl sites for hydroxylation is 1. The molecule has 0 radical (unpaired) electrons. The van der Waals surface area contributed by atoms with E-state index in [1.54, 1.807) is 10.9 Å². The Balaban J connectivity index is 1.72. The SMILES string of the molecule is CC(C)N1CCN(Cc2nc(N)c3cnn(C)c3n2)CC1. The molecular formula is C14H23N7. The van der Waals surface area contributed by atoms with Crippen molar-refractivity contribution in [3.05, 3.63) is 12.0 Å². The second-order valence-electron chi connectivity index (χ2n) is 5.94. The summed E-state index contributed by atoms with van der Waals surface area (Å²) in [6.45, 7) is 9.53. The maximum Gasteiger partial charge on any atom is 0.163 e. The van der Waals surface area contributed by atoms with Crippen molar-refractivity contribution >= 4 is 16.9 Å². The zero-order valence-electron chi connectivity index (χ0n) is 13.0. The summed E-state index contributed by atoms with van der Waals surface area (Å²) in [5.41, 5.74) is 6.81. The molecule has 1 aliphatic rings. The first-order valence-electron chi connectivity index (χ1n) is 7.45. The average molecular weight is 289 g/mol. The molecule has 0 saturated carbocycles. The number of nitrogens with zero attached hydrogens (tertiary/aromatic N) is 6. The van der Waals surface area contributed by atoms with E-state index in [4.69, 9.17) is 5.73 Å². The van der Waals surface area contributed by atoms with E-state index >= 15 is 0 Å². The van der Waals surface area contributed by atoms with Crippen molar-refractivity contribution in [2.45, 2.75) is 26.4 Å². The first-order chi connectivity index (χ1) is 10.0. The minimum atomic E-state index is 0.518. The van der Waals surface area contributed by atoms with Gasteiger partial charge in [0.25, 0.3) is 0 Å². The van der Waals surface area contributed by atoms with E-state index in [0.717, 1.165) is 49.6 Å². The van der Waals surface area contributed by atoms with Crippen LogP contribution in [-0.4, -0.2) is 61.8 Å². The number of nitrogens with two attached hydrogens (primary N) is 1. The number of nitrogen functional groups attached to an aromatic ring is 1. The van der Waals surface area contributed by atoms with Gasteiger partial charge in [0, 0.05) is 39.3 Å². The summed E-state index contributed by atoms with van der Waals surface area (Å²) >= 11 is 0. The van der Waals surface area contributed by atoms with Gasteiger partial charge in [-0.05, 0) is 13.8 Å². The molecule has 114 valence electrons. The predicted molar refractivity (Wildman–Crippen MR) is 82.7 cm³/mol. The molecule has 1 saturated heterocycles. The lowest BCUT2D eigenvalue weighted by Gasteiger charge is -2.36. The molecule has 7 heteroatoms. The maximum absolute atomic E-state index is 6.01. The van der Waals surface area contributed by atoms with Crippen molar-refractivity contribution in [1.29, 1.82) is 0 Å². The molecule has 0 unspecified atom stereocenters. The summed E-state index contributed by atoms with van der Waals surface area (Å²) in [4.78, 5) is 13.9. The van der Waals surface area contributed by atoms with Gasteiger partial charge in [-0.15, -0.1) is 0 Å². The number of fused-ring (bicyclic) bond motifs is 1. The van der Waals surface area contributed by atoms with Crippen LogP contribution in [0.25, 0.3) is 11.0 Å². The number of hydrogen-bond donors (Lipinski definition) is 1. The van der Waals surface area contributed by atoms with E-state index in [9.17, 15) is 0 Å². The van der Waals surface area contributed by atoms with Crippen LogP contribution in [0.5, 0.6) is 0 Å². The summed E-state index contributed by atoms with van der Waals surface area (Å²) in [6.07, 6.45) is 1.72. The van der Waals surface area contributed by atoms with Gasteiger partial charge in [0.2, 0.25) is 0 Å². The van der Waals surface area contributed by atoms with Crippen LogP contribution in [0.15, 0.2) is 6.20 Å². The highest BCUT2D eigenvalue weighted by molar-refractivity contribution is 5.84. The van der Waals surface area contributed by atoms with Crippen LogP contribution >= 0.6 is 0 Å². The van der Waals surface area contributed by atoms with Crippen LogP contribution in [0.1, 0.15) is 19.7 Å². The van der Waals surface area contributed by atoms with Gasteiger partial charge in [0.15, 0.2) is 5.65 Å². The predicted octanol–water partition coefficient (Wildman–Crippen LogP) is 0.472. The van der Waals surface area contributed by atoms with Gasteiger partial charge in [0.1, 0.15) is 11.6 Å². The van der Waals surface area contributed by atoms with Gasteiger partial charge < -0.3 is 5.73 Å². The zero-order valence-corrected chi connectivity index (χ0v) is 13.0. The topological polar surface area (TPSA) is 76.1 Å². The third-order valence-electron chi connectivity index (χ3n) is 4.17. The largest absolute Gasteiger partial charge is 0.383 e. The number of aromatic nitrogens is 4. The van der Waals surface area contributed by atoms with Crippen molar-refractivity contribution < 1.29 is 0 Å². The Morgan fingerprint density at radius 2 is 1.90 bits per heavy atom.